The number of benzene rings is 2. The first-order valence-corrected chi connectivity index (χ1v) is 10.7. The summed E-state index contributed by atoms with van der Waals surface area (Å²) in [5.74, 6) is -0.0784. The van der Waals surface area contributed by atoms with Crippen molar-refractivity contribution in [2.24, 2.45) is 0 Å². The number of hydrogen-bond donors (Lipinski definition) is 2. The van der Waals surface area contributed by atoms with E-state index >= 15 is 0 Å². The van der Waals surface area contributed by atoms with Crippen molar-refractivity contribution in [1.29, 1.82) is 0 Å². The highest BCUT2D eigenvalue weighted by Gasteiger charge is 2.31. The van der Waals surface area contributed by atoms with E-state index in [4.69, 9.17) is 0 Å². The van der Waals surface area contributed by atoms with Crippen molar-refractivity contribution in [2.45, 2.75) is 37.5 Å². The number of aryl methyl sites for hydroxylation is 2. The fourth-order valence-corrected chi connectivity index (χ4v) is 4.97. The fraction of sp³-hybridized carbons (Fsp3) is 0.300. The maximum atomic E-state index is 12.9. The van der Waals surface area contributed by atoms with Gasteiger partial charge in [0.25, 0.3) is 10.0 Å². The van der Waals surface area contributed by atoms with Gasteiger partial charge in [0.1, 0.15) is 0 Å². The minimum Gasteiger partial charge on any atom is -0.326 e. The zero-order valence-electron chi connectivity index (χ0n) is 15.5. The third-order valence-corrected chi connectivity index (χ3v) is 6.38. The Morgan fingerprint density at radius 3 is 2.32 bits per heavy atom. The fourth-order valence-electron chi connectivity index (χ4n) is 3.82. The molecule has 0 saturated carbocycles. The van der Waals surface area contributed by atoms with Crippen LogP contribution in [0, 0.1) is 0 Å². The molecule has 2 N–H and O–H groups in total. The number of amides is 2. The molecule has 0 spiro atoms. The molecule has 7 nitrogen and oxygen atoms in total. The average Bonchev–Trinajstić information content (AvgIpc) is 2.65. The minimum atomic E-state index is -3.76. The van der Waals surface area contributed by atoms with E-state index in [0.717, 1.165) is 29.7 Å². The summed E-state index contributed by atoms with van der Waals surface area (Å²) in [7, 11) is -3.76. The van der Waals surface area contributed by atoms with Crippen molar-refractivity contribution < 1.29 is 18.0 Å². The van der Waals surface area contributed by atoms with Gasteiger partial charge in [-0.05, 0) is 66.8 Å². The number of rotatable bonds is 4. The van der Waals surface area contributed by atoms with Crippen molar-refractivity contribution in [2.75, 3.05) is 21.5 Å². The predicted octanol–water partition coefficient (Wildman–Crippen LogP) is 2.67. The molecule has 0 aromatic heterocycles. The van der Waals surface area contributed by atoms with Crippen LogP contribution in [0.3, 0.4) is 0 Å². The molecule has 0 atom stereocenters. The average molecular weight is 399 g/mol. The van der Waals surface area contributed by atoms with Crippen LogP contribution in [-0.4, -0.2) is 26.8 Å². The standard InChI is InChI=1S/C20H21N3O4S/c1-13(24)21-16-5-7-17(8-6-16)22-28(26,27)18-11-14-3-2-10-23-19(25)9-4-15(12-18)20(14)23/h5-8,11-12,22H,2-4,9-10H2,1H3,(H,21,24). The van der Waals surface area contributed by atoms with Crippen molar-refractivity contribution in [1.82, 2.24) is 0 Å². The molecule has 2 heterocycles. The van der Waals surface area contributed by atoms with Gasteiger partial charge < -0.3 is 10.2 Å². The van der Waals surface area contributed by atoms with Crippen LogP contribution in [0.2, 0.25) is 0 Å². The molecule has 8 heteroatoms. The van der Waals surface area contributed by atoms with E-state index in [-0.39, 0.29) is 16.7 Å². The topological polar surface area (TPSA) is 95.6 Å². The summed E-state index contributed by atoms with van der Waals surface area (Å²) in [6.07, 6.45) is 2.57. The summed E-state index contributed by atoms with van der Waals surface area (Å²) in [5.41, 5.74) is 3.74. The third kappa shape index (κ3) is 3.47. The van der Waals surface area contributed by atoms with E-state index in [9.17, 15) is 18.0 Å². The van der Waals surface area contributed by atoms with Crippen LogP contribution in [0.15, 0.2) is 41.3 Å². The van der Waals surface area contributed by atoms with Crippen LogP contribution in [0.4, 0.5) is 17.1 Å². The largest absolute Gasteiger partial charge is 0.326 e. The van der Waals surface area contributed by atoms with Gasteiger partial charge in [-0.3, -0.25) is 14.3 Å². The lowest BCUT2D eigenvalue weighted by molar-refractivity contribution is -0.119. The molecule has 2 aromatic rings. The second kappa shape index (κ2) is 6.94. The molecule has 0 unspecified atom stereocenters. The van der Waals surface area contributed by atoms with Crippen LogP contribution in [0.1, 0.15) is 30.9 Å². The van der Waals surface area contributed by atoms with E-state index in [0.29, 0.717) is 30.8 Å². The van der Waals surface area contributed by atoms with Crippen LogP contribution >= 0.6 is 0 Å². The van der Waals surface area contributed by atoms with Crippen LogP contribution < -0.4 is 14.9 Å². The Labute approximate surface area is 163 Å². The molecule has 0 fully saturated rings. The van der Waals surface area contributed by atoms with Gasteiger partial charge >= 0.3 is 0 Å². The number of anilines is 3. The molecular formula is C20H21N3O4S. The summed E-state index contributed by atoms with van der Waals surface area (Å²) in [4.78, 5) is 25.3. The third-order valence-electron chi connectivity index (χ3n) is 5.02. The Morgan fingerprint density at radius 1 is 1.00 bits per heavy atom. The number of sulfonamides is 1. The summed E-state index contributed by atoms with van der Waals surface area (Å²) in [6, 6.07) is 9.84. The Kier molecular flexibility index (Phi) is 4.58. The lowest BCUT2D eigenvalue weighted by Crippen LogP contribution is -2.39. The summed E-state index contributed by atoms with van der Waals surface area (Å²) >= 11 is 0. The van der Waals surface area contributed by atoms with Gasteiger partial charge in [-0.15, -0.1) is 0 Å². The number of carbonyl (C=O) groups is 2. The molecule has 0 radical (unpaired) electrons. The molecule has 0 saturated heterocycles. The van der Waals surface area contributed by atoms with Gasteiger partial charge in [0.2, 0.25) is 11.8 Å². The zero-order chi connectivity index (χ0) is 19.9. The van der Waals surface area contributed by atoms with Gasteiger partial charge in [0, 0.05) is 31.3 Å². The monoisotopic (exact) mass is 399 g/mol. The first kappa shape index (κ1) is 18.5. The quantitative estimate of drug-likeness (QED) is 0.826. The molecule has 146 valence electrons. The van der Waals surface area contributed by atoms with Crippen LogP contribution in [0.5, 0.6) is 0 Å². The first-order chi connectivity index (χ1) is 13.3. The number of nitrogens with one attached hydrogen (secondary N) is 2. The molecule has 2 aromatic carbocycles. The predicted molar refractivity (Wildman–Crippen MR) is 107 cm³/mol. The van der Waals surface area contributed by atoms with E-state index < -0.39 is 10.0 Å². The minimum absolute atomic E-state index is 0.112. The Bertz CT molecular complexity index is 1040. The van der Waals surface area contributed by atoms with Gasteiger partial charge in [-0.2, -0.15) is 0 Å². The Hall–Kier alpha value is -2.87. The Balaban J connectivity index is 1.63. The smallest absolute Gasteiger partial charge is 0.261 e. The van der Waals surface area contributed by atoms with Crippen molar-refractivity contribution >= 4 is 38.9 Å². The lowest BCUT2D eigenvalue weighted by atomic mass is 9.92. The zero-order valence-corrected chi connectivity index (χ0v) is 16.3. The van der Waals surface area contributed by atoms with Crippen molar-refractivity contribution in [3.63, 3.8) is 0 Å². The molecule has 4 rings (SSSR count). The van der Waals surface area contributed by atoms with Crippen LogP contribution in [-0.2, 0) is 32.5 Å². The summed E-state index contributed by atoms with van der Waals surface area (Å²) in [5, 5.41) is 2.64. The van der Waals surface area contributed by atoms with E-state index in [1.54, 1.807) is 41.3 Å². The molecule has 0 aliphatic carbocycles. The van der Waals surface area contributed by atoms with Gasteiger partial charge in [0.15, 0.2) is 0 Å². The summed E-state index contributed by atoms with van der Waals surface area (Å²) < 4.78 is 28.4. The van der Waals surface area contributed by atoms with Crippen molar-refractivity contribution in [3.05, 3.63) is 47.5 Å². The van der Waals surface area contributed by atoms with E-state index in [1.807, 2.05) is 0 Å². The second-order valence-electron chi connectivity index (χ2n) is 7.10. The van der Waals surface area contributed by atoms with Gasteiger partial charge in [-0.1, -0.05) is 0 Å². The van der Waals surface area contributed by atoms with Gasteiger partial charge in [-0.25, -0.2) is 8.42 Å². The lowest BCUT2D eigenvalue weighted by Gasteiger charge is -2.35. The van der Waals surface area contributed by atoms with E-state index in [1.165, 1.54) is 6.92 Å². The highest BCUT2D eigenvalue weighted by atomic mass is 32.2. The highest BCUT2D eigenvalue weighted by molar-refractivity contribution is 7.92. The normalized spacial score (nSPS) is 15.8. The van der Waals surface area contributed by atoms with Gasteiger partial charge in [0.05, 0.1) is 10.6 Å². The molecule has 0 bridgehead atoms. The summed E-state index contributed by atoms with van der Waals surface area (Å²) in [6.45, 7) is 2.11. The highest BCUT2D eigenvalue weighted by Crippen LogP contribution is 2.37. The first-order valence-electron chi connectivity index (χ1n) is 9.20. The second-order valence-corrected chi connectivity index (χ2v) is 8.79. The molecule has 2 aliphatic rings. The number of carbonyl (C=O) groups excluding carboxylic acids is 2. The molecule has 28 heavy (non-hydrogen) atoms. The maximum Gasteiger partial charge on any atom is 0.261 e. The SMILES string of the molecule is CC(=O)Nc1ccc(NS(=O)(=O)c2cc3c4c(c2)CCC(=O)N4CCC3)cc1. The Morgan fingerprint density at radius 2 is 1.64 bits per heavy atom. The molecular weight excluding hydrogens is 378 g/mol. The molecule has 2 aliphatic heterocycles. The number of nitrogens with zero attached hydrogens (tertiary/aromatic N) is 1. The van der Waals surface area contributed by atoms with Crippen molar-refractivity contribution in [3.8, 4) is 0 Å². The van der Waals surface area contributed by atoms with Crippen LogP contribution in [0.25, 0.3) is 0 Å². The maximum absolute atomic E-state index is 12.9. The van der Waals surface area contributed by atoms with E-state index in [2.05, 4.69) is 10.0 Å². The molecule has 2 amide bonds. The number of hydrogen-bond acceptors (Lipinski definition) is 4.